The first-order valence-corrected chi connectivity index (χ1v) is 9.36. The number of thiophene rings is 1. The van der Waals surface area contributed by atoms with Gasteiger partial charge in [-0.15, -0.1) is 11.3 Å². The van der Waals surface area contributed by atoms with Gasteiger partial charge < -0.3 is 9.67 Å². The maximum absolute atomic E-state index is 10.6. The van der Waals surface area contributed by atoms with Crippen LogP contribution in [0.4, 0.5) is 0 Å². The highest BCUT2D eigenvalue weighted by Crippen LogP contribution is 2.24. The van der Waals surface area contributed by atoms with Gasteiger partial charge in [-0.2, -0.15) is 0 Å². The number of aliphatic hydroxyl groups is 1. The molecule has 3 aromatic rings. The molecule has 126 valence electrons. The molecule has 0 spiro atoms. The molecule has 5 heteroatoms. The van der Waals surface area contributed by atoms with Crippen molar-refractivity contribution in [1.82, 2.24) is 14.5 Å². The summed E-state index contributed by atoms with van der Waals surface area (Å²) in [6, 6.07) is 6.51. The molecule has 0 saturated carbocycles. The molecule has 0 bridgehead atoms. The number of aliphatic hydroxyl groups excluding tert-OH is 1. The van der Waals surface area contributed by atoms with E-state index in [1.807, 2.05) is 17.7 Å². The minimum atomic E-state index is -0.385. The first kappa shape index (κ1) is 15.8. The molecule has 1 aliphatic heterocycles. The van der Waals surface area contributed by atoms with Gasteiger partial charge in [0.05, 0.1) is 30.0 Å². The molecule has 24 heavy (non-hydrogen) atoms. The van der Waals surface area contributed by atoms with Gasteiger partial charge in [0.1, 0.15) is 0 Å². The van der Waals surface area contributed by atoms with Gasteiger partial charge >= 0.3 is 0 Å². The Morgan fingerprint density at radius 3 is 2.96 bits per heavy atom. The van der Waals surface area contributed by atoms with E-state index >= 15 is 0 Å². The zero-order valence-corrected chi connectivity index (χ0v) is 15.0. The van der Waals surface area contributed by atoms with Crippen molar-refractivity contribution in [2.75, 3.05) is 13.1 Å². The number of benzene rings is 1. The second-order valence-electron chi connectivity index (χ2n) is 6.83. The number of aryl methyl sites for hydroxylation is 2. The Balaban J connectivity index is 1.45. The summed E-state index contributed by atoms with van der Waals surface area (Å²) < 4.78 is 2.08. The predicted molar refractivity (Wildman–Crippen MR) is 98.5 cm³/mol. The van der Waals surface area contributed by atoms with Crippen LogP contribution in [0.5, 0.6) is 0 Å². The maximum Gasteiger partial charge on any atom is 0.0959 e. The summed E-state index contributed by atoms with van der Waals surface area (Å²) in [5.74, 6) is 0. The van der Waals surface area contributed by atoms with E-state index in [9.17, 15) is 5.11 Å². The number of β-amino-alcohol motifs (C(OH)–C–C–N with tert-alkyl or cyclic N) is 1. The molecule has 0 aliphatic carbocycles. The quantitative estimate of drug-likeness (QED) is 0.793. The molecule has 4 rings (SSSR count). The zero-order valence-electron chi connectivity index (χ0n) is 14.2. The highest BCUT2D eigenvalue weighted by Gasteiger charge is 2.20. The molecule has 3 heterocycles. The van der Waals surface area contributed by atoms with Crippen LogP contribution in [0.25, 0.3) is 11.0 Å². The SMILES string of the molecule is Cc1cc2ncn(C[C@H](O)CN3CCc4sccc4C3)c2cc1C. The van der Waals surface area contributed by atoms with Crippen LogP contribution in [-0.4, -0.2) is 38.8 Å². The van der Waals surface area contributed by atoms with Gasteiger partial charge in [-0.1, -0.05) is 0 Å². The van der Waals surface area contributed by atoms with Gasteiger partial charge in [0.2, 0.25) is 0 Å². The Labute approximate surface area is 146 Å². The van der Waals surface area contributed by atoms with E-state index < -0.39 is 0 Å². The fourth-order valence-corrected chi connectivity index (χ4v) is 4.39. The largest absolute Gasteiger partial charge is 0.390 e. The summed E-state index contributed by atoms with van der Waals surface area (Å²) in [5, 5.41) is 12.7. The molecule has 1 atom stereocenters. The van der Waals surface area contributed by atoms with Gasteiger partial charge in [0.25, 0.3) is 0 Å². The monoisotopic (exact) mass is 341 g/mol. The topological polar surface area (TPSA) is 41.3 Å². The van der Waals surface area contributed by atoms with Gasteiger partial charge in [0, 0.05) is 24.5 Å². The van der Waals surface area contributed by atoms with E-state index in [-0.39, 0.29) is 6.10 Å². The lowest BCUT2D eigenvalue weighted by atomic mass is 10.1. The molecule has 0 radical (unpaired) electrons. The van der Waals surface area contributed by atoms with Crippen molar-refractivity contribution < 1.29 is 5.11 Å². The summed E-state index contributed by atoms with van der Waals surface area (Å²) in [5.41, 5.74) is 6.06. The Morgan fingerprint density at radius 1 is 1.25 bits per heavy atom. The van der Waals surface area contributed by atoms with Crippen LogP contribution in [0.2, 0.25) is 0 Å². The number of rotatable bonds is 4. The summed E-state index contributed by atoms with van der Waals surface area (Å²) in [6.07, 6.45) is 2.57. The number of hydrogen-bond acceptors (Lipinski definition) is 4. The molecule has 0 saturated heterocycles. The molecule has 2 aromatic heterocycles. The van der Waals surface area contributed by atoms with E-state index in [0.29, 0.717) is 13.1 Å². The van der Waals surface area contributed by atoms with Crippen LogP contribution in [0.3, 0.4) is 0 Å². The molecule has 4 nitrogen and oxygen atoms in total. The van der Waals surface area contributed by atoms with E-state index in [1.54, 1.807) is 0 Å². The van der Waals surface area contributed by atoms with Crippen LogP contribution in [0, 0.1) is 13.8 Å². The van der Waals surface area contributed by atoms with Gasteiger partial charge in [-0.05, 0) is 60.5 Å². The lowest BCUT2D eigenvalue weighted by Gasteiger charge is -2.28. The van der Waals surface area contributed by atoms with Gasteiger partial charge in [-0.3, -0.25) is 4.90 Å². The van der Waals surface area contributed by atoms with Crippen LogP contribution in [0.1, 0.15) is 21.6 Å². The fraction of sp³-hybridized carbons (Fsp3) is 0.421. The first-order valence-electron chi connectivity index (χ1n) is 8.48. The van der Waals surface area contributed by atoms with Crippen molar-refractivity contribution in [3.8, 4) is 0 Å². The number of fused-ring (bicyclic) bond motifs is 2. The molecule has 0 amide bonds. The third-order valence-corrected chi connectivity index (χ3v) is 6.02. The van der Waals surface area contributed by atoms with E-state index in [2.05, 4.69) is 51.9 Å². The normalized spacial score (nSPS) is 16.5. The average molecular weight is 341 g/mol. The van der Waals surface area contributed by atoms with Crippen LogP contribution in [0.15, 0.2) is 29.9 Å². The van der Waals surface area contributed by atoms with E-state index in [4.69, 9.17) is 0 Å². The standard InChI is InChI=1S/C19H23N3OS/c1-13-7-17-18(8-14(13)2)22(12-20-17)11-16(23)10-21-5-3-19-15(9-21)4-6-24-19/h4,6-8,12,16,23H,3,5,9-11H2,1-2H3/t16-/m1/s1. The highest BCUT2D eigenvalue weighted by atomic mass is 32.1. The predicted octanol–water partition coefficient (Wildman–Crippen LogP) is 3.13. The van der Waals surface area contributed by atoms with Crippen molar-refractivity contribution in [3.05, 3.63) is 51.5 Å². The van der Waals surface area contributed by atoms with Crippen molar-refractivity contribution in [3.63, 3.8) is 0 Å². The third-order valence-electron chi connectivity index (χ3n) is 5.00. The smallest absolute Gasteiger partial charge is 0.0959 e. The van der Waals surface area contributed by atoms with Gasteiger partial charge in [0.15, 0.2) is 0 Å². The summed E-state index contributed by atoms with van der Waals surface area (Å²) in [4.78, 5) is 8.34. The van der Waals surface area contributed by atoms with Gasteiger partial charge in [-0.25, -0.2) is 4.98 Å². The lowest BCUT2D eigenvalue weighted by Crippen LogP contribution is -2.37. The van der Waals surface area contributed by atoms with E-state index in [0.717, 1.165) is 30.5 Å². The molecule has 1 N–H and O–H groups in total. The molecular weight excluding hydrogens is 318 g/mol. The van der Waals surface area contributed by atoms with Crippen molar-refractivity contribution in [1.29, 1.82) is 0 Å². The van der Waals surface area contributed by atoms with Crippen molar-refractivity contribution >= 4 is 22.4 Å². The molecular formula is C19H23N3OS. The number of imidazole rings is 1. The molecule has 0 fully saturated rings. The van der Waals surface area contributed by atoms with E-state index in [1.165, 1.54) is 21.6 Å². The number of hydrogen-bond donors (Lipinski definition) is 1. The lowest BCUT2D eigenvalue weighted by molar-refractivity contribution is 0.0930. The van der Waals surface area contributed by atoms with Crippen LogP contribution < -0.4 is 0 Å². The van der Waals surface area contributed by atoms with Crippen molar-refractivity contribution in [2.24, 2.45) is 0 Å². The first-order chi connectivity index (χ1) is 11.6. The summed E-state index contributed by atoms with van der Waals surface area (Å²) in [6.45, 7) is 7.52. The maximum atomic E-state index is 10.6. The average Bonchev–Trinajstić information content (AvgIpc) is 3.15. The van der Waals surface area contributed by atoms with Crippen LogP contribution in [-0.2, 0) is 19.5 Å². The minimum absolute atomic E-state index is 0.385. The summed E-state index contributed by atoms with van der Waals surface area (Å²) >= 11 is 1.85. The molecule has 1 aromatic carbocycles. The second-order valence-corrected chi connectivity index (χ2v) is 7.83. The number of nitrogens with zero attached hydrogens (tertiary/aromatic N) is 3. The minimum Gasteiger partial charge on any atom is -0.390 e. The zero-order chi connectivity index (χ0) is 16.7. The summed E-state index contributed by atoms with van der Waals surface area (Å²) in [7, 11) is 0. The Hall–Kier alpha value is -1.69. The third kappa shape index (κ3) is 2.99. The van der Waals surface area contributed by atoms with Crippen molar-refractivity contribution in [2.45, 2.75) is 39.5 Å². The Kier molecular flexibility index (Phi) is 4.16. The highest BCUT2D eigenvalue weighted by molar-refractivity contribution is 7.10. The number of aromatic nitrogens is 2. The Morgan fingerprint density at radius 2 is 2.08 bits per heavy atom. The fourth-order valence-electron chi connectivity index (χ4n) is 3.50. The molecule has 0 unspecified atom stereocenters. The Bertz CT molecular complexity index is 867. The second kappa shape index (κ2) is 6.31. The van der Waals surface area contributed by atoms with Crippen LogP contribution >= 0.6 is 11.3 Å². The molecule has 1 aliphatic rings.